The molecule has 104 valence electrons. The SMILES string of the molecule is C#C/C(=C\N(CCC(=O)OCC)C(C)=O)C(=O)NC. The third kappa shape index (κ3) is 6.27. The number of likely N-dealkylation sites (N-methyl/N-ethyl adjacent to an activating group) is 1. The lowest BCUT2D eigenvalue weighted by molar-refractivity contribution is -0.143. The standard InChI is InChI=1S/C13H18N2O4/c1-5-11(13(18)14-4)9-15(10(3)16)8-7-12(17)19-6-2/h1,9H,6-8H2,2-4H3,(H,14,18)/b11-9+. The monoisotopic (exact) mass is 266 g/mol. The first kappa shape index (κ1) is 16.7. The number of ether oxygens (including phenoxy) is 1. The van der Waals surface area contributed by atoms with E-state index in [0.29, 0.717) is 0 Å². The highest BCUT2D eigenvalue weighted by Crippen LogP contribution is 2.01. The van der Waals surface area contributed by atoms with Gasteiger partial charge in [0.15, 0.2) is 0 Å². The van der Waals surface area contributed by atoms with Crippen molar-refractivity contribution in [2.45, 2.75) is 20.3 Å². The largest absolute Gasteiger partial charge is 0.466 e. The van der Waals surface area contributed by atoms with Crippen LogP contribution in [-0.4, -0.2) is 42.9 Å². The fourth-order valence-electron chi connectivity index (χ4n) is 1.21. The van der Waals surface area contributed by atoms with Gasteiger partial charge in [0.1, 0.15) is 5.57 Å². The van der Waals surface area contributed by atoms with E-state index in [1.807, 2.05) is 0 Å². The van der Waals surface area contributed by atoms with Gasteiger partial charge in [-0.3, -0.25) is 14.4 Å². The first-order valence-corrected chi connectivity index (χ1v) is 5.79. The van der Waals surface area contributed by atoms with E-state index in [2.05, 4.69) is 11.2 Å². The van der Waals surface area contributed by atoms with Crippen LogP contribution in [0.2, 0.25) is 0 Å². The van der Waals surface area contributed by atoms with E-state index in [1.54, 1.807) is 6.92 Å². The van der Waals surface area contributed by atoms with E-state index in [0.717, 1.165) is 0 Å². The Balaban J connectivity index is 4.79. The summed E-state index contributed by atoms with van der Waals surface area (Å²) in [5.74, 6) is 0.991. The number of rotatable bonds is 6. The van der Waals surface area contributed by atoms with Crippen LogP contribution >= 0.6 is 0 Å². The number of carbonyl (C=O) groups is 3. The second-order valence-corrected chi connectivity index (χ2v) is 3.53. The van der Waals surface area contributed by atoms with Crippen LogP contribution in [0, 0.1) is 12.3 Å². The highest BCUT2D eigenvalue weighted by molar-refractivity contribution is 5.97. The summed E-state index contributed by atoms with van der Waals surface area (Å²) < 4.78 is 4.75. The molecule has 0 rings (SSSR count). The van der Waals surface area contributed by atoms with Gasteiger partial charge in [-0.1, -0.05) is 5.92 Å². The van der Waals surface area contributed by atoms with Crippen LogP contribution in [0.15, 0.2) is 11.8 Å². The number of nitrogens with one attached hydrogen (secondary N) is 1. The Morgan fingerprint density at radius 2 is 2.05 bits per heavy atom. The van der Waals surface area contributed by atoms with E-state index in [4.69, 9.17) is 11.2 Å². The van der Waals surface area contributed by atoms with E-state index in [-0.39, 0.29) is 31.1 Å². The molecule has 19 heavy (non-hydrogen) atoms. The predicted molar refractivity (Wildman–Crippen MR) is 69.6 cm³/mol. The number of amides is 2. The van der Waals surface area contributed by atoms with Crippen LogP contribution in [-0.2, 0) is 19.1 Å². The lowest BCUT2D eigenvalue weighted by Crippen LogP contribution is -2.29. The van der Waals surface area contributed by atoms with Crippen molar-refractivity contribution in [3.05, 3.63) is 11.8 Å². The van der Waals surface area contributed by atoms with Crippen molar-refractivity contribution in [2.24, 2.45) is 0 Å². The summed E-state index contributed by atoms with van der Waals surface area (Å²) in [5.41, 5.74) is 0.0153. The lowest BCUT2D eigenvalue weighted by atomic mass is 10.2. The van der Waals surface area contributed by atoms with Crippen molar-refractivity contribution < 1.29 is 19.1 Å². The molecule has 0 bridgehead atoms. The van der Waals surface area contributed by atoms with Crippen molar-refractivity contribution in [3.8, 4) is 12.3 Å². The van der Waals surface area contributed by atoms with Gasteiger partial charge in [-0.2, -0.15) is 0 Å². The number of hydrogen-bond donors (Lipinski definition) is 1. The molecule has 0 radical (unpaired) electrons. The van der Waals surface area contributed by atoms with E-state index in [1.165, 1.54) is 25.1 Å². The summed E-state index contributed by atoms with van der Waals surface area (Å²) in [6.45, 7) is 3.40. The molecule has 0 unspecified atom stereocenters. The Labute approximate surface area is 112 Å². The topological polar surface area (TPSA) is 75.7 Å². The van der Waals surface area contributed by atoms with Crippen LogP contribution in [0.5, 0.6) is 0 Å². The number of hydrogen-bond acceptors (Lipinski definition) is 4. The fourth-order valence-corrected chi connectivity index (χ4v) is 1.21. The van der Waals surface area contributed by atoms with Gasteiger partial charge in [0.25, 0.3) is 5.91 Å². The number of esters is 1. The zero-order valence-corrected chi connectivity index (χ0v) is 11.4. The molecule has 0 spiro atoms. The second-order valence-electron chi connectivity index (χ2n) is 3.53. The van der Waals surface area contributed by atoms with Gasteiger partial charge in [-0.05, 0) is 6.92 Å². The Hall–Kier alpha value is -2.29. The molecule has 0 aliphatic rings. The molecule has 0 saturated heterocycles. The van der Waals surface area contributed by atoms with Gasteiger partial charge in [0, 0.05) is 26.7 Å². The Kier molecular flexibility index (Phi) is 7.70. The first-order valence-electron chi connectivity index (χ1n) is 5.79. The highest BCUT2D eigenvalue weighted by Gasteiger charge is 2.13. The normalized spacial score (nSPS) is 10.3. The van der Waals surface area contributed by atoms with Crippen molar-refractivity contribution in [1.82, 2.24) is 10.2 Å². The van der Waals surface area contributed by atoms with Crippen molar-refractivity contribution >= 4 is 17.8 Å². The average Bonchev–Trinajstić information content (AvgIpc) is 2.38. The van der Waals surface area contributed by atoms with Crippen molar-refractivity contribution in [2.75, 3.05) is 20.2 Å². The van der Waals surface area contributed by atoms with Crippen LogP contribution in [0.3, 0.4) is 0 Å². The Morgan fingerprint density at radius 3 is 2.47 bits per heavy atom. The number of carbonyl (C=O) groups excluding carboxylic acids is 3. The van der Waals surface area contributed by atoms with Crippen molar-refractivity contribution in [3.63, 3.8) is 0 Å². The number of terminal acetylenes is 1. The minimum atomic E-state index is -0.468. The maximum absolute atomic E-state index is 11.4. The molecule has 0 atom stereocenters. The molecule has 0 aromatic heterocycles. The molecule has 0 saturated carbocycles. The fraction of sp³-hybridized carbons (Fsp3) is 0.462. The smallest absolute Gasteiger partial charge is 0.307 e. The van der Waals surface area contributed by atoms with Gasteiger partial charge in [-0.15, -0.1) is 6.42 Å². The third-order valence-corrected chi connectivity index (χ3v) is 2.18. The summed E-state index contributed by atoms with van der Waals surface area (Å²) >= 11 is 0. The first-order chi connectivity index (χ1) is 8.96. The van der Waals surface area contributed by atoms with Crippen LogP contribution < -0.4 is 5.32 Å². The minimum absolute atomic E-state index is 0.0153. The van der Waals surface area contributed by atoms with Gasteiger partial charge in [0.05, 0.1) is 13.0 Å². The average molecular weight is 266 g/mol. The molecule has 1 N–H and O–H groups in total. The van der Waals surface area contributed by atoms with Gasteiger partial charge in [0.2, 0.25) is 5.91 Å². The maximum Gasteiger partial charge on any atom is 0.307 e. The summed E-state index contributed by atoms with van der Waals surface area (Å²) in [4.78, 5) is 35.2. The summed E-state index contributed by atoms with van der Waals surface area (Å²) in [5, 5.41) is 2.37. The molecule has 0 aromatic rings. The molecule has 0 aromatic carbocycles. The maximum atomic E-state index is 11.4. The molecule has 6 heteroatoms. The zero-order valence-electron chi connectivity index (χ0n) is 11.4. The molecule has 0 aliphatic heterocycles. The minimum Gasteiger partial charge on any atom is -0.466 e. The molecule has 0 heterocycles. The lowest BCUT2D eigenvalue weighted by Gasteiger charge is -2.16. The third-order valence-electron chi connectivity index (χ3n) is 2.18. The predicted octanol–water partition coefficient (Wildman–Crippen LogP) is 0.0512. The molecule has 2 amide bonds. The van der Waals surface area contributed by atoms with E-state index in [9.17, 15) is 14.4 Å². The van der Waals surface area contributed by atoms with E-state index < -0.39 is 11.9 Å². The van der Waals surface area contributed by atoms with Crippen LogP contribution in [0.1, 0.15) is 20.3 Å². The van der Waals surface area contributed by atoms with Crippen LogP contribution in [0.4, 0.5) is 0 Å². The second kappa shape index (κ2) is 8.75. The van der Waals surface area contributed by atoms with Crippen LogP contribution in [0.25, 0.3) is 0 Å². The zero-order chi connectivity index (χ0) is 14.8. The molecular formula is C13H18N2O4. The molecule has 0 fully saturated rings. The van der Waals surface area contributed by atoms with E-state index >= 15 is 0 Å². The van der Waals surface area contributed by atoms with Gasteiger partial charge >= 0.3 is 5.97 Å². The number of nitrogens with zero attached hydrogens (tertiary/aromatic N) is 1. The summed E-state index contributed by atoms with van der Waals surface area (Å²) in [6.07, 6.45) is 6.48. The Morgan fingerprint density at radius 1 is 1.42 bits per heavy atom. The quantitative estimate of drug-likeness (QED) is 0.419. The Bertz CT molecular complexity index is 421. The molecule has 6 nitrogen and oxygen atoms in total. The van der Waals surface area contributed by atoms with Crippen molar-refractivity contribution in [1.29, 1.82) is 0 Å². The molecule has 0 aliphatic carbocycles. The van der Waals surface area contributed by atoms with Gasteiger partial charge in [-0.25, -0.2) is 0 Å². The summed E-state index contributed by atoms with van der Waals surface area (Å²) in [6, 6.07) is 0. The summed E-state index contributed by atoms with van der Waals surface area (Å²) in [7, 11) is 1.43. The van der Waals surface area contributed by atoms with Gasteiger partial charge < -0.3 is 15.0 Å². The highest BCUT2D eigenvalue weighted by atomic mass is 16.5. The molecular weight excluding hydrogens is 248 g/mol.